The number of hydrogen-bond donors (Lipinski definition) is 1. The van der Waals surface area contributed by atoms with Gasteiger partial charge in [-0.05, 0) is 39.8 Å². The summed E-state index contributed by atoms with van der Waals surface area (Å²) in [5.41, 5.74) is 3.42. The molecule has 140 valence electrons. The van der Waals surface area contributed by atoms with Gasteiger partial charge in [-0.2, -0.15) is 5.10 Å². The zero-order valence-corrected chi connectivity index (χ0v) is 16.1. The van der Waals surface area contributed by atoms with Crippen molar-refractivity contribution >= 4 is 11.6 Å². The molecule has 1 fully saturated rings. The largest absolute Gasteiger partial charge is 0.373 e. The number of ether oxygens (including phenoxy) is 1. The molecule has 2 aromatic rings. The first-order valence-electron chi connectivity index (χ1n) is 9.13. The number of benzene rings is 1. The minimum absolute atomic E-state index is 0.0214. The highest BCUT2D eigenvalue weighted by Crippen LogP contribution is 2.23. The maximum atomic E-state index is 12.5. The van der Waals surface area contributed by atoms with Gasteiger partial charge < -0.3 is 10.1 Å². The molecule has 3 rings (SSSR count). The Morgan fingerprint density at radius 2 is 2.00 bits per heavy atom. The molecule has 2 heterocycles. The first kappa shape index (κ1) is 18.6. The Balaban J connectivity index is 1.62. The van der Waals surface area contributed by atoms with Gasteiger partial charge in [0.1, 0.15) is 0 Å². The molecule has 1 aliphatic rings. The van der Waals surface area contributed by atoms with Gasteiger partial charge in [0.15, 0.2) is 0 Å². The van der Waals surface area contributed by atoms with Crippen LogP contribution in [0.1, 0.15) is 31.7 Å². The standard InChI is InChI=1S/C20H28N4O2/c1-15-19(16(2)24(22-15)17-8-6-5-7-9-17)21-18(25)10-11-23-12-13-26-20(3,4)14-23/h5-9H,10-14H2,1-4H3,(H,21,25). The topological polar surface area (TPSA) is 59.4 Å². The van der Waals surface area contributed by atoms with Crippen molar-refractivity contribution < 1.29 is 9.53 Å². The van der Waals surface area contributed by atoms with Gasteiger partial charge in [0.2, 0.25) is 5.91 Å². The molecule has 0 radical (unpaired) electrons. The lowest BCUT2D eigenvalue weighted by molar-refractivity contribution is -0.118. The number of nitrogens with zero attached hydrogens (tertiary/aromatic N) is 3. The van der Waals surface area contributed by atoms with E-state index >= 15 is 0 Å². The Morgan fingerprint density at radius 1 is 1.27 bits per heavy atom. The lowest BCUT2D eigenvalue weighted by Crippen LogP contribution is -2.48. The molecule has 1 aromatic carbocycles. The maximum Gasteiger partial charge on any atom is 0.225 e. The summed E-state index contributed by atoms with van der Waals surface area (Å²) >= 11 is 0. The molecule has 26 heavy (non-hydrogen) atoms. The molecule has 0 spiro atoms. The van der Waals surface area contributed by atoms with Crippen molar-refractivity contribution in [2.75, 3.05) is 31.6 Å². The summed E-state index contributed by atoms with van der Waals surface area (Å²) in [5, 5.41) is 7.63. The van der Waals surface area contributed by atoms with E-state index in [-0.39, 0.29) is 11.5 Å². The lowest BCUT2D eigenvalue weighted by Gasteiger charge is -2.38. The molecular formula is C20H28N4O2. The summed E-state index contributed by atoms with van der Waals surface area (Å²) in [7, 11) is 0. The molecular weight excluding hydrogens is 328 g/mol. The second kappa shape index (κ2) is 7.60. The number of amides is 1. The Kier molecular flexibility index (Phi) is 5.44. The van der Waals surface area contributed by atoms with Crippen LogP contribution < -0.4 is 5.32 Å². The smallest absolute Gasteiger partial charge is 0.225 e. The van der Waals surface area contributed by atoms with Crippen molar-refractivity contribution in [2.24, 2.45) is 0 Å². The number of rotatable bonds is 5. The highest BCUT2D eigenvalue weighted by atomic mass is 16.5. The van der Waals surface area contributed by atoms with Gasteiger partial charge in [-0.15, -0.1) is 0 Å². The summed E-state index contributed by atoms with van der Waals surface area (Å²) < 4.78 is 7.59. The van der Waals surface area contributed by atoms with Crippen molar-refractivity contribution in [1.29, 1.82) is 0 Å². The number of para-hydroxylation sites is 1. The van der Waals surface area contributed by atoms with Crippen LogP contribution in [-0.2, 0) is 9.53 Å². The highest BCUT2D eigenvalue weighted by molar-refractivity contribution is 5.92. The Bertz CT molecular complexity index is 768. The molecule has 0 aliphatic carbocycles. The fraction of sp³-hybridized carbons (Fsp3) is 0.500. The molecule has 1 saturated heterocycles. The van der Waals surface area contributed by atoms with Gasteiger partial charge in [-0.3, -0.25) is 9.69 Å². The van der Waals surface area contributed by atoms with Crippen LogP contribution in [0.3, 0.4) is 0 Å². The second-order valence-corrected chi connectivity index (χ2v) is 7.48. The number of carbonyl (C=O) groups is 1. The van der Waals surface area contributed by atoms with Gasteiger partial charge >= 0.3 is 0 Å². The first-order valence-corrected chi connectivity index (χ1v) is 9.13. The van der Waals surface area contributed by atoms with Crippen LogP contribution in [0.4, 0.5) is 5.69 Å². The van der Waals surface area contributed by atoms with Crippen LogP contribution in [0.2, 0.25) is 0 Å². The van der Waals surface area contributed by atoms with Crippen LogP contribution in [-0.4, -0.2) is 52.4 Å². The van der Waals surface area contributed by atoms with E-state index in [9.17, 15) is 4.79 Å². The predicted octanol–water partition coefficient (Wildman–Crippen LogP) is 2.93. The monoisotopic (exact) mass is 356 g/mol. The molecule has 6 heteroatoms. The van der Waals surface area contributed by atoms with E-state index in [4.69, 9.17) is 4.74 Å². The highest BCUT2D eigenvalue weighted by Gasteiger charge is 2.27. The Hall–Kier alpha value is -2.18. The third-order valence-electron chi connectivity index (χ3n) is 4.72. The van der Waals surface area contributed by atoms with Gasteiger partial charge in [0, 0.05) is 26.1 Å². The summed E-state index contributed by atoms with van der Waals surface area (Å²) in [6, 6.07) is 9.95. The predicted molar refractivity (Wildman–Crippen MR) is 103 cm³/mol. The van der Waals surface area contributed by atoms with Crippen LogP contribution in [0.5, 0.6) is 0 Å². The molecule has 6 nitrogen and oxygen atoms in total. The van der Waals surface area contributed by atoms with Gasteiger partial charge in [-0.25, -0.2) is 4.68 Å². The number of aromatic nitrogens is 2. The number of aryl methyl sites for hydroxylation is 1. The molecule has 0 bridgehead atoms. The zero-order chi connectivity index (χ0) is 18.7. The van der Waals surface area contributed by atoms with E-state index in [0.29, 0.717) is 6.42 Å². The fourth-order valence-corrected chi connectivity index (χ4v) is 3.41. The molecule has 1 amide bonds. The van der Waals surface area contributed by atoms with Crippen LogP contribution in [0.15, 0.2) is 30.3 Å². The van der Waals surface area contributed by atoms with Crippen LogP contribution in [0, 0.1) is 13.8 Å². The van der Waals surface area contributed by atoms with Gasteiger partial charge in [0.05, 0.1) is 35.0 Å². The van der Waals surface area contributed by atoms with E-state index in [0.717, 1.165) is 49.0 Å². The normalized spacial score (nSPS) is 17.2. The first-order chi connectivity index (χ1) is 12.4. The number of hydrogen-bond acceptors (Lipinski definition) is 4. The van der Waals surface area contributed by atoms with Crippen molar-refractivity contribution in [1.82, 2.24) is 14.7 Å². The van der Waals surface area contributed by atoms with Crippen molar-refractivity contribution in [3.05, 3.63) is 41.7 Å². The zero-order valence-electron chi connectivity index (χ0n) is 16.1. The van der Waals surface area contributed by atoms with Gasteiger partial charge in [0.25, 0.3) is 0 Å². The molecule has 1 aromatic heterocycles. The lowest BCUT2D eigenvalue weighted by atomic mass is 10.1. The van der Waals surface area contributed by atoms with E-state index < -0.39 is 0 Å². The summed E-state index contributed by atoms with van der Waals surface area (Å²) in [6.45, 7) is 11.3. The van der Waals surface area contributed by atoms with E-state index in [2.05, 4.69) is 29.2 Å². The quantitative estimate of drug-likeness (QED) is 0.895. The van der Waals surface area contributed by atoms with E-state index in [1.165, 1.54) is 0 Å². The SMILES string of the molecule is Cc1nn(-c2ccccc2)c(C)c1NC(=O)CCN1CCOC(C)(C)C1. The Labute approximate surface area is 155 Å². The second-order valence-electron chi connectivity index (χ2n) is 7.48. The Morgan fingerprint density at radius 3 is 2.69 bits per heavy atom. The minimum Gasteiger partial charge on any atom is -0.373 e. The molecule has 0 saturated carbocycles. The number of anilines is 1. The van der Waals surface area contributed by atoms with Crippen molar-refractivity contribution in [2.45, 2.75) is 39.7 Å². The van der Waals surface area contributed by atoms with Crippen LogP contribution in [0.25, 0.3) is 5.69 Å². The van der Waals surface area contributed by atoms with Crippen molar-refractivity contribution in [3.8, 4) is 5.69 Å². The average molecular weight is 356 g/mol. The third kappa shape index (κ3) is 4.31. The summed E-state index contributed by atoms with van der Waals surface area (Å²) in [4.78, 5) is 14.7. The number of nitrogens with one attached hydrogen (secondary N) is 1. The molecule has 0 atom stereocenters. The van der Waals surface area contributed by atoms with E-state index in [1.807, 2.05) is 48.9 Å². The fourth-order valence-electron chi connectivity index (χ4n) is 3.41. The van der Waals surface area contributed by atoms with E-state index in [1.54, 1.807) is 0 Å². The van der Waals surface area contributed by atoms with Crippen molar-refractivity contribution in [3.63, 3.8) is 0 Å². The van der Waals surface area contributed by atoms with Gasteiger partial charge in [-0.1, -0.05) is 18.2 Å². The molecule has 1 N–H and O–H groups in total. The average Bonchev–Trinajstić information content (AvgIpc) is 2.88. The summed E-state index contributed by atoms with van der Waals surface area (Å²) in [6.07, 6.45) is 0.464. The maximum absolute atomic E-state index is 12.5. The number of morpholine rings is 1. The minimum atomic E-state index is -0.140. The summed E-state index contributed by atoms with van der Waals surface area (Å²) in [5.74, 6) is 0.0214. The molecule has 0 unspecified atom stereocenters. The molecule has 1 aliphatic heterocycles. The van der Waals surface area contributed by atoms with Crippen LogP contribution >= 0.6 is 0 Å². The third-order valence-corrected chi connectivity index (χ3v) is 4.72. The number of carbonyl (C=O) groups excluding carboxylic acids is 1.